The highest BCUT2D eigenvalue weighted by molar-refractivity contribution is 7.22. The molecule has 8 aromatic carbocycles. The lowest BCUT2D eigenvalue weighted by atomic mass is 9.70. The fraction of sp³-hybridized carbons (Fsp3) is 0.0196. The van der Waals surface area contributed by atoms with Crippen molar-refractivity contribution in [2.45, 2.75) is 5.41 Å². The first-order valence-electron chi connectivity index (χ1n) is 18.6. The van der Waals surface area contributed by atoms with Crippen LogP contribution in [0, 0.1) is 0 Å². The maximum absolute atomic E-state index is 2.45. The van der Waals surface area contributed by atoms with Gasteiger partial charge in [-0.25, -0.2) is 0 Å². The average Bonchev–Trinajstić information content (AvgIpc) is 3.95. The van der Waals surface area contributed by atoms with E-state index in [1.807, 2.05) is 11.3 Å². The molecule has 0 radical (unpaired) electrons. The van der Waals surface area contributed by atoms with Crippen molar-refractivity contribution in [3.8, 4) is 27.3 Å². The van der Waals surface area contributed by atoms with Crippen molar-refractivity contribution in [1.29, 1.82) is 0 Å². The Morgan fingerprint density at radius 2 is 1.00 bits per heavy atom. The Morgan fingerprint density at radius 3 is 1.83 bits per heavy atom. The molecule has 0 bridgehead atoms. The van der Waals surface area contributed by atoms with Crippen LogP contribution in [-0.4, -0.2) is 4.57 Å². The van der Waals surface area contributed by atoms with Gasteiger partial charge in [0.05, 0.1) is 16.4 Å². The molecule has 2 aliphatic rings. The summed E-state index contributed by atoms with van der Waals surface area (Å²) < 4.78 is 3.73. The normalized spacial score (nSPS) is 15.1. The minimum Gasteiger partial charge on any atom is -0.310 e. The molecule has 1 spiro atoms. The number of hydrogen-bond acceptors (Lipinski definition) is 2. The number of nitrogens with zero attached hydrogens (tertiary/aromatic N) is 2. The lowest BCUT2D eigenvalue weighted by molar-refractivity contribution is 0.802. The first-order valence-corrected chi connectivity index (χ1v) is 19.4. The average molecular weight is 705 g/mol. The van der Waals surface area contributed by atoms with E-state index in [2.05, 4.69) is 204 Å². The Hall–Kier alpha value is -6.68. The summed E-state index contributed by atoms with van der Waals surface area (Å²) in [5.74, 6) is 0. The van der Waals surface area contributed by atoms with Gasteiger partial charge in [0.1, 0.15) is 0 Å². The van der Waals surface area contributed by atoms with Gasteiger partial charge < -0.3 is 9.47 Å². The van der Waals surface area contributed by atoms with Crippen molar-refractivity contribution in [2.75, 3.05) is 4.90 Å². The Morgan fingerprint density at radius 1 is 0.407 bits per heavy atom. The second-order valence-electron chi connectivity index (χ2n) is 14.4. The summed E-state index contributed by atoms with van der Waals surface area (Å²) in [6.45, 7) is 0. The first-order chi connectivity index (χ1) is 26.8. The molecule has 2 heterocycles. The molecule has 0 saturated carbocycles. The summed E-state index contributed by atoms with van der Waals surface area (Å²) in [5.41, 5.74) is 16.1. The minimum atomic E-state index is -0.383. The van der Waals surface area contributed by atoms with Crippen LogP contribution in [0.4, 0.5) is 17.1 Å². The molecular formula is C51H32N2S. The van der Waals surface area contributed by atoms with Gasteiger partial charge in [-0.15, -0.1) is 11.3 Å². The molecule has 252 valence electrons. The van der Waals surface area contributed by atoms with Crippen LogP contribution in [0.1, 0.15) is 22.3 Å². The molecular weight excluding hydrogens is 673 g/mol. The van der Waals surface area contributed by atoms with Crippen molar-refractivity contribution in [2.24, 2.45) is 0 Å². The second kappa shape index (κ2) is 11.2. The summed E-state index contributed by atoms with van der Waals surface area (Å²) in [6.07, 6.45) is 0. The fourth-order valence-corrected chi connectivity index (χ4v) is 11.0. The number of rotatable bonds is 4. The predicted molar refractivity (Wildman–Crippen MR) is 227 cm³/mol. The molecule has 54 heavy (non-hydrogen) atoms. The molecule has 1 unspecified atom stereocenters. The van der Waals surface area contributed by atoms with E-state index in [1.165, 1.54) is 75.7 Å². The van der Waals surface area contributed by atoms with Crippen molar-refractivity contribution in [3.63, 3.8) is 0 Å². The van der Waals surface area contributed by atoms with Gasteiger partial charge in [0.2, 0.25) is 0 Å². The Bertz CT molecular complexity index is 3120. The molecule has 2 nitrogen and oxygen atoms in total. The Balaban J connectivity index is 1.11. The zero-order valence-corrected chi connectivity index (χ0v) is 30.1. The summed E-state index contributed by atoms with van der Waals surface area (Å²) in [7, 11) is 0. The van der Waals surface area contributed by atoms with E-state index in [0.29, 0.717) is 0 Å². The summed E-state index contributed by atoms with van der Waals surface area (Å²) in [6, 6.07) is 71.7. The first kappa shape index (κ1) is 29.9. The van der Waals surface area contributed by atoms with E-state index < -0.39 is 0 Å². The number of anilines is 3. The second-order valence-corrected chi connectivity index (χ2v) is 15.5. The molecule has 0 saturated heterocycles. The number of hydrogen-bond donors (Lipinski definition) is 0. The van der Waals surface area contributed by atoms with E-state index in [0.717, 1.165) is 22.7 Å². The van der Waals surface area contributed by atoms with Gasteiger partial charge in [0, 0.05) is 43.1 Å². The Kier molecular flexibility index (Phi) is 6.17. The van der Waals surface area contributed by atoms with Crippen LogP contribution in [-0.2, 0) is 5.41 Å². The molecule has 2 aliphatic carbocycles. The Labute approximate surface area is 317 Å². The molecule has 10 aromatic rings. The van der Waals surface area contributed by atoms with Crippen molar-refractivity contribution in [1.82, 2.24) is 4.57 Å². The summed E-state index contributed by atoms with van der Waals surface area (Å²) in [4.78, 5) is 3.82. The van der Waals surface area contributed by atoms with E-state index in [9.17, 15) is 0 Å². The lowest BCUT2D eigenvalue weighted by Gasteiger charge is -2.31. The van der Waals surface area contributed by atoms with Crippen LogP contribution in [0.2, 0.25) is 0 Å². The molecule has 2 aromatic heterocycles. The van der Waals surface area contributed by atoms with Crippen LogP contribution < -0.4 is 4.90 Å². The van der Waals surface area contributed by atoms with E-state index in [1.54, 1.807) is 0 Å². The molecule has 0 amide bonds. The van der Waals surface area contributed by atoms with Crippen LogP contribution in [0.5, 0.6) is 0 Å². The largest absolute Gasteiger partial charge is 0.310 e. The van der Waals surface area contributed by atoms with Gasteiger partial charge in [-0.05, 0) is 111 Å². The summed E-state index contributed by atoms with van der Waals surface area (Å²) >= 11 is 1.93. The van der Waals surface area contributed by atoms with Crippen molar-refractivity contribution < 1.29 is 0 Å². The number of aromatic nitrogens is 1. The number of para-hydroxylation sites is 3. The third kappa shape index (κ3) is 3.89. The molecule has 0 N–H and O–H groups in total. The molecule has 12 rings (SSSR count). The fourth-order valence-electron chi connectivity index (χ4n) is 9.70. The highest BCUT2D eigenvalue weighted by Crippen LogP contribution is 2.66. The number of thiophene rings is 1. The maximum Gasteiger partial charge on any atom is 0.0740 e. The quantitative estimate of drug-likeness (QED) is 0.177. The number of fused-ring (bicyclic) bond motifs is 15. The molecule has 3 heteroatoms. The molecule has 0 fully saturated rings. The standard InChI is InChI=1S/C51H32N2S/c1-3-15-33(16-4-1)52(36-28-30-47-42(32-36)38-20-9-13-25-46(38)53(47)34-17-5-2-6-18-34)35-27-29-45-41(31-35)37-19-7-11-23-43(37)51(45)44-24-12-8-21-39(44)50-49(51)40-22-10-14-26-48(40)54-50/h1-32H. The van der Waals surface area contributed by atoms with Crippen LogP contribution in [0.25, 0.3) is 59.1 Å². The van der Waals surface area contributed by atoms with Gasteiger partial charge >= 0.3 is 0 Å². The van der Waals surface area contributed by atoms with E-state index in [4.69, 9.17) is 0 Å². The number of benzene rings is 8. The lowest BCUT2D eigenvalue weighted by Crippen LogP contribution is -2.25. The van der Waals surface area contributed by atoms with E-state index in [-0.39, 0.29) is 5.41 Å². The van der Waals surface area contributed by atoms with Gasteiger partial charge in [0.25, 0.3) is 0 Å². The van der Waals surface area contributed by atoms with Gasteiger partial charge in [-0.1, -0.05) is 127 Å². The maximum atomic E-state index is 2.45. The van der Waals surface area contributed by atoms with Gasteiger partial charge in [0.15, 0.2) is 0 Å². The zero-order chi connectivity index (χ0) is 35.4. The zero-order valence-electron chi connectivity index (χ0n) is 29.3. The smallest absolute Gasteiger partial charge is 0.0740 e. The molecule has 0 aliphatic heterocycles. The van der Waals surface area contributed by atoms with Crippen molar-refractivity contribution in [3.05, 3.63) is 216 Å². The minimum absolute atomic E-state index is 0.383. The van der Waals surface area contributed by atoms with Gasteiger partial charge in [-0.2, -0.15) is 0 Å². The third-order valence-corrected chi connectivity index (χ3v) is 13.0. The van der Waals surface area contributed by atoms with E-state index >= 15 is 0 Å². The highest BCUT2D eigenvalue weighted by atomic mass is 32.1. The monoisotopic (exact) mass is 704 g/mol. The highest BCUT2D eigenvalue weighted by Gasteiger charge is 2.53. The summed E-state index contributed by atoms with van der Waals surface area (Å²) in [5, 5.41) is 3.84. The van der Waals surface area contributed by atoms with Gasteiger partial charge in [-0.3, -0.25) is 0 Å². The predicted octanol–water partition coefficient (Wildman–Crippen LogP) is 13.8. The van der Waals surface area contributed by atoms with Crippen LogP contribution in [0.15, 0.2) is 194 Å². The SMILES string of the molecule is c1ccc(N(c2ccc3c(c2)-c2ccccc2C32c3ccccc3-c3sc4ccccc4c32)c2ccc3c(c2)c2ccccc2n3-c2ccccc2)cc1. The van der Waals surface area contributed by atoms with Crippen LogP contribution in [0.3, 0.4) is 0 Å². The van der Waals surface area contributed by atoms with Crippen molar-refractivity contribution >= 4 is 60.3 Å². The molecule has 1 atom stereocenters. The van der Waals surface area contributed by atoms with Crippen LogP contribution >= 0.6 is 11.3 Å². The third-order valence-electron chi connectivity index (χ3n) is 11.8. The topological polar surface area (TPSA) is 8.17 Å².